The highest BCUT2D eigenvalue weighted by Gasteiger charge is 2.35. The van der Waals surface area contributed by atoms with Crippen molar-refractivity contribution in [3.05, 3.63) is 175 Å². The maximum absolute atomic E-state index is 5.16. The molecule has 6 aromatic rings. The van der Waals surface area contributed by atoms with Crippen molar-refractivity contribution < 1.29 is 0 Å². The lowest BCUT2D eigenvalue weighted by Crippen LogP contribution is -2.16. The molecule has 0 saturated heterocycles. The Morgan fingerprint density at radius 2 is 1.04 bits per heavy atom. The summed E-state index contributed by atoms with van der Waals surface area (Å²) in [7, 11) is 0. The third kappa shape index (κ3) is 6.22. The van der Waals surface area contributed by atoms with E-state index in [0.717, 1.165) is 44.8 Å². The predicted octanol–water partition coefficient (Wildman–Crippen LogP) is 12.6. The van der Waals surface area contributed by atoms with Crippen LogP contribution < -0.4 is 0 Å². The Bertz CT molecular complexity index is 2060. The second kappa shape index (κ2) is 14.0. The molecule has 0 saturated carbocycles. The molecule has 0 atom stereocenters. The standard InChI is InChI=1S/C44H36N2.C2H6/c1-5-16-39-37(6-2)38-24-23-33(28-40(38)44(39,3)4)35-25-34(30-17-10-7-11-18-30)26-36(27-35)43-45-41(31-19-12-8-13-20-31)29-42(46-43)32-21-14-9-15-22-32;1-2/h5-29H,2H2,1,3-4H3;1-2H3/b16-5-;. The molecule has 2 nitrogen and oxygen atoms in total. The molecule has 1 aliphatic rings. The summed E-state index contributed by atoms with van der Waals surface area (Å²) in [6.07, 6.45) is 6.35. The third-order valence-corrected chi connectivity index (χ3v) is 8.98. The molecule has 0 radical (unpaired) electrons. The molecule has 2 heteroatoms. The largest absolute Gasteiger partial charge is 0.228 e. The summed E-state index contributed by atoms with van der Waals surface area (Å²) in [4.78, 5) is 10.3. The van der Waals surface area contributed by atoms with Gasteiger partial charge < -0.3 is 0 Å². The number of rotatable bonds is 7. The summed E-state index contributed by atoms with van der Waals surface area (Å²) in [5, 5.41) is 0. The second-order valence-electron chi connectivity index (χ2n) is 12.3. The number of hydrogen-bond acceptors (Lipinski definition) is 2. The van der Waals surface area contributed by atoms with Crippen LogP contribution in [0.2, 0.25) is 0 Å². The molecule has 7 rings (SSSR count). The Labute approximate surface area is 285 Å². The molecule has 1 aliphatic carbocycles. The van der Waals surface area contributed by atoms with Gasteiger partial charge in [-0.25, -0.2) is 9.97 Å². The molecule has 0 N–H and O–H groups in total. The van der Waals surface area contributed by atoms with Crippen molar-refractivity contribution >= 4 is 5.57 Å². The quantitative estimate of drug-likeness (QED) is 0.177. The molecule has 5 aromatic carbocycles. The van der Waals surface area contributed by atoms with Gasteiger partial charge in [-0.2, -0.15) is 0 Å². The first kappa shape index (κ1) is 32.3. The number of fused-ring (bicyclic) bond motifs is 1. The Balaban J connectivity index is 0.00000197. The monoisotopic (exact) mass is 622 g/mol. The summed E-state index contributed by atoms with van der Waals surface area (Å²) in [6, 6.07) is 46.9. The molecule has 1 aromatic heterocycles. The van der Waals surface area contributed by atoms with Gasteiger partial charge in [-0.1, -0.05) is 156 Å². The SMILES string of the molecule is C=CC1=C(/C=C\C)C(C)(C)c2cc(-c3cc(-c4ccccc4)cc(-c4nc(-c5ccccc5)cc(-c5ccccc5)n4)c3)ccc21.CC. The molecule has 48 heavy (non-hydrogen) atoms. The topological polar surface area (TPSA) is 25.8 Å². The maximum Gasteiger partial charge on any atom is 0.160 e. The predicted molar refractivity (Wildman–Crippen MR) is 206 cm³/mol. The molecular formula is C46H42N2. The Hall–Kier alpha value is -5.60. The zero-order valence-electron chi connectivity index (χ0n) is 28.5. The summed E-state index contributed by atoms with van der Waals surface area (Å²) >= 11 is 0. The third-order valence-electron chi connectivity index (χ3n) is 8.98. The molecule has 0 aliphatic heterocycles. The van der Waals surface area contributed by atoms with E-state index in [1.807, 2.05) is 32.1 Å². The molecule has 0 unspecified atom stereocenters. The van der Waals surface area contributed by atoms with Crippen molar-refractivity contribution in [1.29, 1.82) is 0 Å². The van der Waals surface area contributed by atoms with Gasteiger partial charge in [0.2, 0.25) is 0 Å². The number of hydrogen-bond donors (Lipinski definition) is 0. The van der Waals surface area contributed by atoms with E-state index in [1.165, 1.54) is 27.8 Å². The van der Waals surface area contributed by atoms with Crippen molar-refractivity contribution in [2.24, 2.45) is 0 Å². The van der Waals surface area contributed by atoms with Crippen LogP contribution in [0, 0.1) is 0 Å². The van der Waals surface area contributed by atoms with Crippen LogP contribution in [0.4, 0.5) is 0 Å². The van der Waals surface area contributed by atoms with E-state index in [1.54, 1.807) is 0 Å². The van der Waals surface area contributed by atoms with Crippen molar-refractivity contribution in [3.63, 3.8) is 0 Å². The first-order valence-electron chi connectivity index (χ1n) is 16.8. The molecule has 0 bridgehead atoms. The average Bonchev–Trinajstić information content (AvgIpc) is 3.37. The molecule has 0 amide bonds. The van der Waals surface area contributed by atoms with Crippen LogP contribution in [0.5, 0.6) is 0 Å². The van der Waals surface area contributed by atoms with Crippen LogP contribution in [0.15, 0.2) is 164 Å². The van der Waals surface area contributed by atoms with E-state index >= 15 is 0 Å². The van der Waals surface area contributed by atoms with Crippen LogP contribution in [0.25, 0.3) is 61.7 Å². The first-order valence-corrected chi connectivity index (χ1v) is 16.8. The lowest BCUT2D eigenvalue weighted by molar-refractivity contribution is 0.654. The highest BCUT2D eigenvalue weighted by Crippen LogP contribution is 2.48. The van der Waals surface area contributed by atoms with Gasteiger partial charge in [-0.3, -0.25) is 0 Å². The Kier molecular flexibility index (Phi) is 9.45. The van der Waals surface area contributed by atoms with Gasteiger partial charge in [-0.15, -0.1) is 0 Å². The molecule has 1 heterocycles. The molecule has 0 fully saturated rings. The van der Waals surface area contributed by atoms with E-state index in [4.69, 9.17) is 9.97 Å². The number of allylic oxidation sites excluding steroid dienone is 5. The summed E-state index contributed by atoms with van der Waals surface area (Å²) in [5.41, 5.74) is 14.4. The fraction of sp³-hybridized carbons (Fsp3) is 0.130. The minimum absolute atomic E-state index is 0.140. The van der Waals surface area contributed by atoms with Gasteiger partial charge in [-0.05, 0) is 81.8 Å². The molecule has 0 spiro atoms. The van der Waals surface area contributed by atoms with Gasteiger partial charge in [0, 0.05) is 22.1 Å². The molecule has 236 valence electrons. The van der Waals surface area contributed by atoms with Gasteiger partial charge in [0.25, 0.3) is 0 Å². The van der Waals surface area contributed by atoms with E-state index in [2.05, 4.69) is 161 Å². The van der Waals surface area contributed by atoms with Crippen LogP contribution >= 0.6 is 0 Å². The van der Waals surface area contributed by atoms with E-state index in [0.29, 0.717) is 5.82 Å². The van der Waals surface area contributed by atoms with E-state index in [9.17, 15) is 0 Å². The minimum atomic E-state index is -0.140. The smallest absolute Gasteiger partial charge is 0.160 e. The van der Waals surface area contributed by atoms with Crippen LogP contribution in [0.3, 0.4) is 0 Å². The zero-order valence-corrected chi connectivity index (χ0v) is 28.5. The van der Waals surface area contributed by atoms with Gasteiger partial charge >= 0.3 is 0 Å². The van der Waals surface area contributed by atoms with Crippen LogP contribution in [-0.2, 0) is 5.41 Å². The Morgan fingerprint density at radius 3 is 1.56 bits per heavy atom. The van der Waals surface area contributed by atoms with E-state index < -0.39 is 0 Å². The van der Waals surface area contributed by atoms with Crippen molar-refractivity contribution in [3.8, 4) is 56.2 Å². The number of aromatic nitrogens is 2. The maximum atomic E-state index is 5.16. The van der Waals surface area contributed by atoms with Crippen molar-refractivity contribution in [2.45, 2.75) is 40.0 Å². The summed E-state index contributed by atoms with van der Waals surface area (Å²) < 4.78 is 0. The highest BCUT2D eigenvalue weighted by molar-refractivity contribution is 5.90. The normalized spacial score (nSPS) is 13.2. The van der Waals surface area contributed by atoms with Crippen LogP contribution in [-0.4, -0.2) is 9.97 Å². The van der Waals surface area contributed by atoms with Gasteiger partial charge in [0.15, 0.2) is 5.82 Å². The number of nitrogens with zero attached hydrogens (tertiary/aromatic N) is 2. The first-order chi connectivity index (χ1) is 23.5. The van der Waals surface area contributed by atoms with Crippen LogP contribution in [0.1, 0.15) is 45.7 Å². The minimum Gasteiger partial charge on any atom is -0.228 e. The van der Waals surface area contributed by atoms with E-state index in [-0.39, 0.29) is 5.41 Å². The fourth-order valence-electron chi connectivity index (χ4n) is 6.60. The van der Waals surface area contributed by atoms with Crippen molar-refractivity contribution in [2.75, 3.05) is 0 Å². The summed E-state index contributed by atoms with van der Waals surface area (Å²) in [5.74, 6) is 0.701. The van der Waals surface area contributed by atoms with Gasteiger partial charge in [0.05, 0.1) is 11.4 Å². The second-order valence-corrected chi connectivity index (χ2v) is 12.3. The summed E-state index contributed by atoms with van der Waals surface area (Å²) in [6.45, 7) is 14.9. The average molecular weight is 623 g/mol. The lowest BCUT2D eigenvalue weighted by Gasteiger charge is -2.23. The molecular weight excluding hydrogens is 581 g/mol. The van der Waals surface area contributed by atoms with Crippen molar-refractivity contribution in [1.82, 2.24) is 9.97 Å². The Morgan fingerprint density at radius 1 is 0.542 bits per heavy atom. The highest BCUT2D eigenvalue weighted by atomic mass is 14.9. The lowest BCUT2D eigenvalue weighted by atomic mass is 9.80. The fourth-order valence-corrected chi connectivity index (χ4v) is 6.60. The zero-order chi connectivity index (χ0) is 33.7. The number of benzene rings is 5. The van der Waals surface area contributed by atoms with Gasteiger partial charge in [0.1, 0.15) is 0 Å².